The SMILES string of the molecule is CCOC(=O)c1c(N)nsc1N1CCCC(CC)C1. The molecule has 1 aliphatic heterocycles. The number of carbonyl (C=O) groups excluding carboxylic acids is 1. The Balaban J connectivity index is 2.22. The Labute approximate surface area is 117 Å². The Morgan fingerprint density at radius 1 is 1.58 bits per heavy atom. The van der Waals surface area contributed by atoms with Crippen LogP contribution in [-0.4, -0.2) is 30.0 Å². The highest BCUT2D eigenvalue weighted by molar-refractivity contribution is 7.11. The van der Waals surface area contributed by atoms with Crippen molar-refractivity contribution in [3.63, 3.8) is 0 Å². The van der Waals surface area contributed by atoms with E-state index in [0.717, 1.165) is 24.5 Å². The Bertz CT molecular complexity index is 447. The lowest BCUT2D eigenvalue weighted by atomic mass is 9.96. The third kappa shape index (κ3) is 3.00. The van der Waals surface area contributed by atoms with E-state index in [2.05, 4.69) is 16.2 Å². The van der Waals surface area contributed by atoms with Crippen molar-refractivity contribution in [3.8, 4) is 0 Å². The van der Waals surface area contributed by atoms with Gasteiger partial charge in [-0.2, -0.15) is 4.37 Å². The minimum absolute atomic E-state index is 0.289. The van der Waals surface area contributed by atoms with Crippen LogP contribution in [0, 0.1) is 5.92 Å². The summed E-state index contributed by atoms with van der Waals surface area (Å²) in [5.74, 6) is 0.617. The number of hydrogen-bond donors (Lipinski definition) is 1. The minimum atomic E-state index is -0.359. The number of ether oxygens (including phenoxy) is 1. The number of hydrogen-bond acceptors (Lipinski definition) is 6. The fourth-order valence-electron chi connectivity index (χ4n) is 2.49. The normalized spacial score (nSPS) is 19.5. The first-order chi connectivity index (χ1) is 9.17. The van der Waals surface area contributed by atoms with Crippen molar-refractivity contribution >= 4 is 28.3 Å². The van der Waals surface area contributed by atoms with Gasteiger partial charge in [0.1, 0.15) is 10.6 Å². The Morgan fingerprint density at radius 2 is 2.37 bits per heavy atom. The van der Waals surface area contributed by atoms with Gasteiger partial charge >= 0.3 is 5.97 Å². The molecule has 1 fully saturated rings. The van der Waals surface area contributed by atoms with Gasteiger partial charge in [0.2, 0.25) is 0 Å². The van der Waals surface area contributed by atoms with Crippen molar-refractivity contribution in [1.82, 2.24) is 4.37 Å². The predicted octanol–water partition coefficient (Wildman–Crippen LogP) is 2.53. The predicted molar refractivity (Wildman–Crippen MR) is 77.7 cm³/mol. The van der Waals surface area contributed by atoms with Crippen molar-refractivity contribution in [2.45, 2.75) is 33.1 Å². The van der Waals surface area contributed by atoms with Crippen LogP contribution < -0.4 is 10.6 Å². The maximum Gasteiger partial charge on any atom is 0.345 e. The fraction of sp³-hybridized carbons (Fsp3) is 0.692. The van der Waals surface area contributed by atoms with Crippen molar-refractivity contribution in [3.05, 3.63) is 5.56 Å². The van der Waals surface area contributed by atoms with Crippen LogP contribution in [0.1, 0.15) is 43.5 Å². The summed E-state index contributed by atoms with van der Waals surface area (Å²) in [5.41, 5.74) is 6.27. The van der Waals surface area contributed by atoms with Crippen LogP contribution in [0.4, 0.5) is 10.8 Å². The van der Waals surface area contributed by atoms with Gasteiger partial charge < -0.3 is 15.4 Å². The molecule has 1 unspecified atom stereocenters. The molecule has 0 bridgehead atoms. The third-order valence-corrected chi connectivity index (χ3v) is 4.49. The highest BCUT2D eigenvalue weighted by Crippen LogP contribution is 2.34. The van der Waals surface area contributed by atoms with Crippen LogP contribution in [0.5, 0.6) is 0 Å². The van der Waals surface area contributed by atoms with Gasteiger partial charge in [0, 0.05) is 13.1 Å². The first-order valence-electron chi connectivity index (χ1n) is 6.84. The molecule has 0 radical (unpaired) electrons. The van der Waals surface area contributed by atoms with Gasteiger partial charge in [-0.3, -0.25) is 0 Å². The molecular weight excluding hydrogens is 262 g/mol. The number of rotatable bonds is 4. The molecule has 0 spiro atoms. The van der Waals surface area contributed by atoms with Crippen molar-refractivity contribution < 1.29 is 9.53 Å². The lowest BCUT2D eigenvalue weighted by Crippen LogP contribution is -2.35. The summed E-state index contributed by atoms with van der Waals surface area (Å²) < 4.78 is 9.20. The smallest absolute Gasteiger partial charge is 0.345 e. The second kappa shape index (κ2) is 6.23. The first-order valence-corrected chi connectivity index (χ1v) is 7.61. The molecule has 0 saturated carbocycles. The molecule has 0 aliphatic carbocycles. The maximum atomic E-state index is 12.0. The number of piperidine rings is 1. The maximum absolute atomic E-state index is 12.0. The molecule has 6 heteroatoms. The van der Waals surface area contributed by atoms with Crippen LogP contribution in [-0.2, 0) is 4.74 Å². The summed E-state index contributed by atoms with van der Waals surface area (Å²) in [6, 6.07) is 0. The van der Waals surface area contributed by atoms with E-state index < -0.39 is 0 Å². The lowest BCUT2D eigenvalue weighted by Gasteiger charge is -2.33. The molecule has 1 aromatic rings. The molecule has 19 heavy (non-hydrogen) atoms. The molecule has 2 rings (SSSR count). The number of anilines is 2. The minimum Gasteiger partial charge on any atom is -0.462 e. The molecule has 2 heterocycles. The average Bonchev–Trinajstić information content (AvgIpc) is 2.81. The zero-order valence-electron chi connectivity index (χ0n) is 11.5. The Kier molecular flexibility index (Phi) is 4.63. The molecule has 1 atom stereocenters. The molecule has 0 amide bonds. The summed E-state index contributed by atoms with van der Waals surface area (Å²) in [6.07, 6.45) is 3.58. The number of nitrogens with two attached hydrogens (primary N) is 1. The number of esters is 1. The largest absolute Gasteiger partial charge is 0.462 e. The van der Waals surface area contributed by atoms with Crippen LogP contribution in [0.25, 0.3) is 0 Å². The summed E-state index contributed by atoms with van der Waals surface area (Å²) >= 11 is 1.30. The molecule has 2 N–H and O–H groups in total. The molecule has 5 nitrogen and oxygen atoms in total. The van der Waals surface area contributed by atoms with Crippen LogP contribution in [0.2, 0.25) is 0 Å². The molecule has 106 valence electrons. The Morgan fingerprint density at radius 3 is 3.05 bits per heavy atom. The number of aromatic nitrogens is 1. The van der Waals surface area contributed by atoms with E-state index in [-0.39, 0.29) is 11.8 Å². The second-order valence-electron chi connectivity index (χ2n) is 4.83. The highest BCUT2D eigenvalue weighted by Gasteiger charge is 2.27. The van der Waals surface area contributed by atoms with Gasteiger partial charge in [0.05, 0.1) is 6.61 Å². The van der Waals surface area contributed by atoms with Crippen molar-refractivity contribution in [1.29, 1.82) is 0 Å². The number of carbonyl (C=O) groups is 1. The Hall–Kier alpha value is -1.30. The van der Waals surface area contributed by atoms with Gasteiger partial charge in [-0.05, 0) is 37.2 Å². The quantitative estimate of drug-likeness (QED) is 0.860. The van der Waals surface area contributed by atoms with E-state index in [9.17, 15) is 4.79 Å². The zero-order chi connectivity index (χ0) is 13.8. The zero-order valence-corrected chi connectivity index (χ0v) is 12.3. The van der Waals surface area contributed by atoms with E-state index in [1.54, 1.807) is 6.92 Å². The standard InChI is InChI=1S/C13H21N3O2S/c1-3-9-6-5-7-16(8-9)12-10(11(14)15-19-12)13(17)18-4-2/h9H,3-8H2,1-2H3,(H2,14,15). The molecular formula is C13H21N3O2S. The first kappa shape index (κ1) is 14.1. The number of nitrogen functional groups attached to an aromatic ring is 1. The molecule has 1 aromatic heterocycles. The third-order valence-electron chi connectivity index (χ3n) is 3.56. The topological polar surface area (TPSA) is 68.5 Å². The monoisotopic (exact) mass is 283 g/mol. The summed E-state index contributed by atoms with van der Waals surface area (Å²) in [4.78, 5) is 14.2. The van der Waals surface area contributed by atoms with E-state index >= 15 is 0 Å². The van der Waals surface area contributed by atoms with E-state index in [1.165, 1.54) is 24.4 Å². The van der Waals surface area contributed by atoms with Crippen molar-refractivity contribution in [2.75, 3.05) is 30.3 Å². The molecule has 0 aromatic carbocycles. The van der Waals surface area contributed by atoms with E-state index in [0.29, 0.717) is 18.1 Å². The molecule has 1 aliphatic rings. The lowest BCUT2D eigenvalue weighted by molar-refractivity contribution is 0.0528. The fourth-order valence-corrected chi connectivity index (χ4v) is 3.32. The van der Waals surface area contributed by atoms with Crippen LogP contribution >= 0.6 is 11.5 Å². The van der Waals surface area contributed by atoms with Crippen LogP contribution in [0.15, 0.2) is 0 Å². The van der Waals surface area contributed by atoms with Gasteiger partial charge in [-0.25, -0.2) is 4.79 Å². The van der Waals surface area contributed by atoms with Crippen molar-refractivity contribution in [2.24, 2.45) is 5.92 Å². The average molecular weight is 283 g/mol. The van der Waals surface area contributed by atoms with Crippen LogP contribution in [0.3, 0.4) is 0 Å². The van der Waals surface area contributed by atoms with Gasteiger partial charge in [-0.15, -0.1) is 0 Å². The van der Waals surface area contributed by atoms with E-state index in [4.69, 9.17) is 10.5 Å². The van der Waals surface area contributed by atoms with Gasteiger partial charge in [-0.1, -0.05) is 13.3 Å². The number of nitrogens with zero attached hydrogens (tertiary/aromatic N) is 2. The summed E-state index contributed by atoms with van der Waals surface area (Å²) in [6.45, 7) is 6.29. The van der Waals surface area contributed by atoms with E-state index in [1.807, 2.05) is 0 Å². The highest BCUT2D eigenvalue weighted by atomic mass is 32.1. The molecule has 1 saturated heterocycles. The van der Waals surface area contributed by atoms with Gasteiger partial charge in [0.15, 0.2) is 5.82 Å². The summed E-state index contributed by atoms with van der Waals surface area (Å²) in [7, 11) is 0. The summed E-state index contributed by atoms with van der Waals surface area (Å²) in [5, 5.41) is 0.870. The second-order valence-corrected chi connectivity index (χ2v) is 5.58. The van der Waals surface area contributed by atoms with Gasteiger partial charge in [0.25, 0.3) is 0 Å².